The highest BCUT2D eigenvalue weighted by Gasteiger charge is 2.32. The average molecular weight is 244 g/mol. The zero-order valence-corrected chi connectivity index (χ0v) is 9.71. The highest BCUT2D eigenvalue weighted by molar-refractivity contribution is 7.12. The maximum atomic E-state index is 11.3. The van der Waals surface area contributed by atoms with Crippen LogP contribution in [0.4, 0.5) is 0 Å². The Labute approximate surface area is 96.3 Å². The first-order valence-corrected chi connectivity index (χ1v) is 5.37. The third-order valence-corrected chi connectivity index (χ3v) is 3.05. The second kappa shape index (κ2) is 4.63. The van der Waals surface area contributed by atoms with E-state index in [-0.39, 0.29) is 6.42 Å². The highest BCUT2D eigenvalue weighted by Crippen LogP contribution is 2.22. The number of thiophene rings is 1. The molecule has 2 N–H and O–H groups in total. The van der Waals surface area contributed by atoms with Gasteiger partial charge >= 0.3 is 11.9 Å². The van der Waals surface area contributed by atoms with Crippen molar-refractivity contribution in [2.24, 2.45) is 0 Å². The van der Waals surface area contributed by atoms with Crippen LogP contribution in [-0.4, -0.2) is 34.9 Å². The standard InChI is InChI=1S/C10H12O5S/c1-10(14,9(12)13)5-6-3-4-16-7(6)8(11)15-2/h3-4,14H,5H2,1-2H3,(H,12,13). The van der Waals surface area contributed by atoms with Gasteiger partial charge in [-0.25, -0.2) is 9.59 Å². The molecule has 88 valence electrons. The molecule has 0 saturated heterocycles. The fourth-order valence-corrected chi connectivity index (χ4v) is 2.03. The van der Waals surface area contributed by atoms with Gasteiger partial charge in [-0.05, 0) is 23.9 Å². The quantitative estimate of drug-likeness (QED) is 0.769. The summed E-state index contributed by atoms with van der Waals surface area (Å²) < 4.78 is 4.55. The van der Waals surface area contributed by atoms with Gasteiger partial charge in [0.1, 0.15) is 4.88 Å². The van der Waals surface area contributed by atoms with Crippen molar-refractivity contribution in [1.82, 2.24) is 0 Å². The molecule has 1 atom stereocenters. The van der Waals surface area contributed by atoms with Gasteiger partial charge in [-0.2, -0.15) is 0 Å². The van der Waals surface area contributed by atoms with Gasteiger partial charge in [0.05, 0.1) is 7.11 Å². The Kier molecular flexibility index (Phi) is 3.66. The Hall–Kier alpha value is -1.40. The van der Waals surface area contributed by atoms with Crippen LogP contribution in [0.1, 0.15) is 22.2 Å². The number of ether oxygens (including phenoxy) is 1. The number of methoxy groups -OCH3 is 1. The van der Waals surface area contributed by atoms with Crippen molar-refractivity contribution in [1.29, 1.82) is 0 Å². The van der Waals surface area contributed by atoms with Crippen LogP contribution in [0.2, 0.25) is 0 Å². The topological polar surface area (TPSA) is 83.8 Å². The summed E-state index contributed by atoms with van der Waals surface area (Å²) in [7, 11) is 1.25. The summed E-state index contributed by atoms with van der Waals surface area (Å²) >= 11 is 1.16. The number of hydrogen-bond acceptors (Lipinski definition) is 5. The summed E-state index contributed by atoms with van der Waals surface area (Å²) in [4.78, 5) is 22.4. The van der Waals surface area contributed by atoms with Crippen molar-refractivity contribution in [3.63, 3.8) is 0 Å². The fourth-order valence-electron chi connectivity index (χ4n) is 1.19. The smallest absolute Gasteiger partial charge is 0.348 e. The van der Waals surface area contributed by atoms with Crippen LogP contribution >= 0.6 is 11.3 Å². The number of carbonyl (C=O) groups excluding carboxylic acids is 1. The van der Waals surface area contributed by atoms with Crippen molar-refractivity contribution >= 4 is 23.3 Å². The molecular formula is C10H12O5S. The van der Waals surface area contributed by atoms with Crippen molar-refractivity contribution in [2.45, 2.75) is 18.9 Å². The zero-order valence-electron chi connectivity index (χ0n) is 8.89. The second-order valence-corrected chi connectivity index (χ2v) is 4.44. The van der Waals surface area contributed by atoms with E-state index < -0.39 is 17.5 Å². The van der Waals surface area contributed by atoms with Crippen LogP contribution in [0.25, 0.3) is 0 Å². The Morgan fingerprint density at radius 3 is 2.69 bits per heavy atom. The maximum Gasteiger partial charge on any atom is 0.348 e. The van der Waals surface area contributed by atoms with Gasteiger partial charge in [0.25, 0.3) is 0 Å². The molecule has 1 unspecified atom stereocenters. The molecule has 0 amide bonds. The van der Waals surface area contributed by atoms with Crippen molar-refractivity contribution < 1.29 is 24.5 Å². The van der Waals surface area contributed by atoms with Gasteiger partial charge in [0.2, 0.25) is 0 Å². The van der Waals surface area contributed by atoms with E-state index in [0.29, 0.717) is 10.4 Å². The number of carbonyl (C=O) groups is 2. The molecule has 1 aromatic heterocycles. The first kappa shape index (κ1) is 12.7. The molecular weight excluding hydrogens is 232 g/mol. The molecule has 0 bridgehead atoms. The summed E-state index contributed by atoms with van der Waals surface area (Å²) in [6, 6.07) is 1.61. The Bertz CT molecular complexity index is 407. The first-order chi connectivity index (χ1) is 7.38. The van der Waals surface area contributed by atoms with Crippen LogP contribution < -0.4 is 0 Å². The molecule has 0 radical (unpaired) electrons. The van der Waals surface area contributed by atoms with E-state index in [1.807, 2.05) is 0 Å². The number of carboxylic acid groups (broad SMARTS) is 1. The van der Waals surface area contributed by atoms with E-state index in [4.69, 9.17) is 5.11 Å². The molecule has 0 aliphatic rings. The molecule has 0 aromatic carbocycles. The molecule has 1 heterocycles. The number of aliphatic hydroxyl groups is 1. The van der Waals surface area contributed by atoms with Crippen LogP contribution in [0.3, 0.4) is 0 Å². The van der Waals surface area contributed by atoms with E-state index in [2.05, 4.69) is 4.74 Å². The summed E-state index contributed by atoms with van der Waals surface area (Å²) in [5.41, 5.74) is -1.41. The molecule has 0 spiro atoms. The molecule has 0 aliphatic carbocycles. The lowest BCUT2D eigenvalue weighted by Crippen LogP contribution is -2.37. The highest BCUT2D eigenvalue weighted by atomic mass is 32.1. The number of rotatable bonds is 4. The molecule has 16 heavy (non-hydrogen) atoms. The molecule has 5 nitrogen and oxygen atoms in total. The monoisotopic (exact) mass is 244 g/mol. The number of esters is 1. The predicted octanol–water partition coefficient (Wildman–Crippen LogP) is 0.913. The van der Waals surface area contributed by atoms with Crippen molar-refractivity contribution in [3.05, 3.63) is 21.9 Å². The van der Waals surface area contributed by atoms with Crippen LogP contribution in [0.15, 0.2) is 11.4 Å². The Balaban J connectivity index is 2.94. The molecule has 0 fully saturated rings. The van der Waals surface area contributed by atoms with Crippen LogP contribution in [0.5, 0.6) is 0 Å². The number of carboxylic acids is 1. The maximum absolute atomic E-state index is 11.3. The third kappa shape index (κ3) is 2.59. The molecule has 6 heteroatoms. The van der Waals surface area contributed by atoms with Crippen molar-refractivity contribution in [3.8, 4) is 0 Å². The minimum absolute atomic E-state index is 0.129. The Morgan fingerprint density at radius 2 is 2.19 bits per heavy atom. The summed E-state index contributed by atoms with van der Waals surface area (Å²) in [5.74, 6) is -1.85. The van der Waals surface area contributed by atoms with Crippen LogP contribution in [0, 0.1) is 0 Å². The normalized spacial score (nSPS) is 14.2. The van der Waals surface area contributed by atoms with E-state index in [0.717, 1.165) is 11.3 Å². The summed E-state index contributed by atoms with van der Waals surface area (Å²) in [5, 5.41) is 20.0. The van der Waals surface area contributed by atoms with E-state index in [1.165, 1.54) is 14.0 Å². The van der Waals surface area contributed by atoms with Gasteiger partial charge in [0.15, 0.2) is 5.60 Å². The lowest BCUT2D eigenvalue weighted by Gasteiger charge is -2.17. The Morgan fingerprint density at radius 1 is 1.56 bits per heavy atom. The summed E-state index contributed by atoms with van der Waals surface area (Å²) in [6.07, 6.45) is -0.129. The van der Waals surface area contributed by atoms with Crippen LogP contribution in [-0.2, 0) is 16.0 Å². The SMILES string of the molecule is COC(=O)c1sccc1CC(C)(O)C(=O)O. The number of aliphatic carboxylic acids is 1. The first-order valence-electron chi connectivity index (χ1n) is 4.49. The van der Waals surface area contributed by atoms with Gasteiger partial charge in [-0.15, -0.1) is 11.3 Å². The van der Waals surface area contributed by atoms with Gasteiger partial charge in [-0.3, -0.25) is 0 Å². The van der Waals surface area contributed by atoms with Gasteiger partial charge in [-0.1, -0.05) is 0 Å². The molecule has 0 saturated carbocycles. The second-order valence-electron chi connectivity index (χ2n) is 3.52. The van der Waals surface area contributed by atoms with Gasteiger partial charge in [0, 0.05) is 6.42 Å². The predicted molar refractivity (Wildman–Crippen MR) is 57.6 cm³/mol. The minimum Gasteiger partial charge on any atom is -0.479 e. The number of hydrogen-bond donors (Lipinski definition) is 2. The minimum atomic E-state index is -1.89. The molecule has 0 aliphatic heterocycles. The lowest BCUT2D eigenvalue weighted by molar-refractivity contribution is -0.156. The molecule has 1 aromatic rings. The van der Waals surface area contributed by atoms with E-state index in [1.54, 1.807) is 11.4 Å². The molecule has 1 rings (SSSR count). The van der Waals surface area contributed by atoms with E-state index in [9.17, 15) is 14.7 Å². The zero-order chi connectivity index (χ0) is 12.3. The van der Waals surface area contributed by atoms with Crippen molar-refractivity contribution in [2.75, 3.05) is 7.11 Å². The summed E-state index contributed by atoms with van der Waals surface area (Å²) in [6.45, 7) is 1.19. The average Bonchev–Trinajstić information content (AvgIpc) is 2.63. The lowest BCUT2D eigenvalue weighted by atomic mass is 9.97. The fraction of sp³-hybridized carbons (Fsp3) is 0.400. The third-order valence-electron chi connectivity index (χ3n) is 2.11. The van der Waals surface area contributed by atoms with E-state index >= 15 is 0 Å². The largest absolute Gasteiger partial charge is 0.479 e. The van der Waals surface area contributed by atoms with Gasteiger partial charge < -0.3 is 14.9 Å².